The van der Waals surface area contributed by atoms with Crippen LogP contribution in [0, 0.1) is 52.5 Å². The number of hydrogen-bond acceptors (Lipinski definition) is 7. The Morgan fingerprint density at radius 2 is 1.26 bits per heavy atom. The van der Waals surface area contributed by atoms with Gasteiger partial charge in [-0.1, -0.05) is 6.07 Å². The minimum Gasteiger partial charge on any atom is -0.342 e. The molecule has 5 rings (SSSR count). The topological polar surface area (TPSA) is 162 Å². The van der Waals surface area contributed by atoms with E-state index in [9.17, 15) is 44.7 Å². The van der Waals surface area contributed by atoms with E-state index in [1.165, 1.54) is 0 Å². The van der Waals surface area contributed by atoms with Gasteiger partial charge in [0, 0.05) is 23.2 Å². The van der Waals surface area contributed by atoms with Crippen LogP contribution in [0.1, 0.15) is 12.8 Å². The number of nitrogens with zero attached hydrogens (tertiary/aromatic N) is 2. The molecule has 2 aliphatic carbocycles. The molecule has 8 N–H and O–H groups in total. The molecular formula is C25H19F8N7O2. The highest BCUT2D eigenvalue weighted by molar-refractivity contribution is 6.01. The second-order valence-corrected chi connectivity index (χ2v) is 10.1. The highest BCUT2D eigenvalue weighted by atomic mass is 19.2. The molecule has 1 aromatic carbocycles. The Morgan fingerprint density at radius 1 is 0.810 bits per heavy atom. The van der Waals surface area contributed by atoms with Crippen LogP contribution in [0.3, 0.4) is 0 Å². The largest absolute Gasteiger partial charge is 0.342 e. The molecule has 2 aromatic heterocycles. The summed E-state index contributed by atoms with van der Waals surface area (Å²) in [6.07, 6.45) is 0.703. The van der Waals surface area contributed by atoms with Crippen LogP contribution in [0.5, 0.6) is 0 Å². The number of amides is 2. The number of benzene rings is 1. The van der Waals surface area contributed by atoms with Crippen LogP contribution in [-0.2, 0) is 9.59 Å². The molecule has 17 heteroatoms. The van der Waals surface area contributed by atoms with Crippen molar-refractivity contribution in [3.8, 4) is 22.3 Å². The van der Waals surface area contributed by atoms with Crippen molar-refractivity contribution in [2.45, 2.75) is 30.5 Å². The number of aromatic nitrogens is 2. The van der Waals surface area contributed by atoms with Gasteiger partial charge in [-0.15, -0.1) is 0 Å². The van der Waals surface area contributed by atoms with Gasteiger partial charge in [-0.3, -0.25) is 9.59 Å². The fourth-order valence-electron chi connectivity index (χ4n) is 5.00. The van der Waals surface area contributed by atoms with Gasteiger partial charge in [0.2, 0.25) is 11.8 Å². The standard InChI is InChI=1S/C25H19F8N7O2/c26-13-11(14(27)19(31)39-18(13)30)8-2-1-7(3-9(8)12-15(28)20(32)40-21(33)16(12)29)37-23(42)17(24-5-25(24,36)6-24)38-22(41)10(35)4-34/h1-3,10,17H,4-6,34-36H2,(H,37,42)(H,38,41). The quantitative estimate of drug-likeness (QED) is 0.195. The summed E-state index contributed by atoms with van der Waals surface area (Å²) >= 11 is 0. The lowest BCUT2D eigenvalue weighted by Crippen LogP contribution is -2.54. The van der Waals surface area contributed by atoms with Crippen molar-refractivity contribution >= 4 is 17.5 Å². The molecule has 2 saturated carbocycles. The van der Waals surface area contributed by atoms with Gasteiger partial charge in [0.05, 0.1) is 17.2 Å². The van der Waals surface area contributed by atoms with Crippen molar-refractivity contribution in [2.75, 3.05) is 11.9 Å². The third-order valence-electron chi connectivity index (χ3n) is 7.52. The second kappa shape index (κ2) is 9.95. The third kappa shape index (κ3) is 4.53. The van der Waals surface area contributed by atoms with E-state index in [1.807, 2.05) is 0 Å². The third-order valence-corrected chi connectivity index (χ3v) is 7.52. The Balaban J connectivity index is 1.62. The average Bonchev–Trinajstić information content (AvgIpc) is 3.74. The van der Waals surface area contributed by atoms with Gasteiger partial charge in [0.1, 0.15) is 6.04 Å². The Hall–Kier alpha value is -4.22. The summed E-state index contributed by atoms with van der Waals surface area (Å²) in [5, 5.41) is 4.77. The van der Waals surface area contributed by atoms with Gasteiger partial charge in [0.15, 0.2) is 23.3 Å². The maximum absolute atomic E-state index is 14.8. The molecule has 0 aliphatic heterocycles. The van der Waals surface area contributed by atoms with Crippen molar-refractivity contribution in [3.63, 3.8) is 0 Å². The Bertz CT molecular complexity index is 1610. The van der Waals surface area contributed by atoms with E-state index in [-0.39, 0.29) is 12.2 Å². The number of nitrogens with two attached hydrogens (primary N) is 3. The highest BCUT2D eigenvalue weighted by Crippen LogP contribution is 2.78. The van der Waals surface area contributed by atoms with Gasteiger partial charge in [-0.25, -0.2) is 17.6 Å². The van der Waals surface area contributed by atoms with Gasteiger partial charge in [0.25, 0.3) is 23.8 Å². The molecule has 2 heterocycles. The van der Waals surface area contributed by atoms with E-state index >= 15 is 0 Å². The van der Waals surface area contributed by atoms with Crippen LogP contribution in [-0.4, -0.2) is 45.9 Å². The summed E-state index contributed by atoms with van der Waals surface area (Å²) in [6.45, 7) is -0.259. The van der Waals surface area contributed by atoms with E-state index in [0.29, 0.717) is 25.0 Å². The number of pyridine rings is 2. The highest BCUT2D eigenvalue weighted by Gasteiger charge is 2.85. The van der Waals surface area contributed by atoms with E-state index in [2.05, 4.69) is 20.6 Å². The molecule has 42 heavy (non-hydrogen) atoms. The summed E-state index contributed by atoms with van der Waals surface area (Å²) in [5.74, 6) is -18.7. The number of halogens is 8. The molecule has 0 bridgehead atoms. The smallest absolute Gasteiger partial charge is 0.252 e. The molecular weight excluding hydrogens is 582 g/mol. The number of rotatable bonds is 8. The second-order valence-electron chi connectivity index (χ2n) is 10.1. The number of anilines is 1. The molecule has 2 atom stereocenters. The van der Waals surface area contributed by atoms with E-state index in [4.69, 9.17) is 17.2 Å². The summed E-state index contributed by atoms with van der Waals surface area (Å²) < 4.78 is 115. The summed E-state index contributed by atoms with van der Waals surface area (Å²) in [4.78, 5) is 30.5. The minimum atomic E-state index is -2.16. The van der Waals surface area contributed by atoms with E-state index in [1.54, 1.807) is 0 Å². The number of fused-ring (bicyclic) bond motifs is 1. The molecule has 2 aliphatic rings. The predicted octanol–water partition coefficient (Wildman–Crippen LogP) is 2.12. The lowest BCUT2D eigenvalue weighted by molar-refractivity contribution is -0.128. The van der Waals surface area contributed by atoms with Gasteiger partial charge < -0.3 is 27.8 Å². The number of nitrogens with one attached hydrogen (secondary N) is 2. The Labute approximate surface area is 230 Å². The number of hydrogen-bond donors (Lipinski definition) is 5. The van der Waals surface area contributed by atoms with Gasteiger partial charge in [-0.2, -0.15) is 27.5 Å². The Kier molecular flexibility index (Phi) is 6.94. The summed E-state index contributed by atoms with van der Waals surface area (Å²) in [7, 11) is 0. The van der Waals surface area contributed by atoms with Crippen LogP contribution < -0.4 is 27.8 Å². The first-order valence-corrected chi connectivity index (χ1v) is 12.1. The van der Waals surface area contributed by atoms with Crippen molar-refractivity contribution in [1.29, 1.82) is 0 Å². The normalized spacial score (nSPS) is 21.8. The van der Waals surface area contributed by atoms with Crippen LogP contribution >= 0.6 is 0 Å². The SMILES string of the molecule is NCC(N)C(=O)NC(C(=O)Nc1ccc(-c2c(F)c(F)nc(F)c2F)c(-c2c(F)c(F)nc(F)c2F)c1)C12CC1(N)C2. The molecule has 0 saturated heterocycles. The molecule has 0 spiro atoms. The molecule has 9 nitrogen and oxygen atoms in total. The zero-order valence-electron chi connectivity index (χ0n) is 21.0. The average molecular weight is 601 g/mol. The first kappa shape index (κ1) is 29.3. The zero-order valence-corrected chi connectivity index (χ0v) is 21.0. The fourth-order valence-corrected chi connectivity index (χ4v) is 5.00. The maximum atomic E-state index is 14.8. The molecule has 2 unspecified atom stereocenters. The minimum absolute atomic E-state index is 0.259. The van der Waals surface area contributed by atoms with Gasteiger partial charge >= 0.3 is 0 Å². The number of carbonyl (C=O) groups is 2. The van der Waals surface area contributed by atoms with E-state index < -0.39 is 104 Å². The van der Waals surface area contributed by atoms with Crippen molar-refractivity contribution < 1.29 is 44.7 Å². The molecule has 3 aromatic rings. The van der Waals surface area contributed by atoms with E-state index in [0.717, 1.165) is 6.07 Å². The first-order valence-electron chi connectivity index (χ1n) is 12.1. The maximum Gasteiger partial charge on any atom is 0.252 e. The zero-order chi connectivity index (χ0) is 30.9. The van der Waals surface area contributed by atoms with Crippen LogP contribution in [0.2, 0.25) is 0 Å². The lowest BCUT2D eigenvalue weighted by atomic mass is 9.93. The van der Waals surface area contributed by atoms with Crippen molar-refractivity contribution in [1.82, 2.24) is 15.3 Å². The predicted molar refractivity (Wildman–Crippen MR) is 129 cm³/mol. The van der Waals surface area contributed by atoms with Crippen molar-refractivity contribution in [3.05, 3.63) is 65.3 Å². The molecule has 2 fully saturated rings. The summed E-state index contributed by atoms with van der Waals surface area (Å²) in [5.41, 5.74) is 10.1. The molecule has 222 valence electrons. The monoisotopic (exact) mass is 601 g/mol. The van der Waals surface area contributed by atoms with Crippen LogP contribution in [0.4, 0.5) is 40.8 Å². The van der Waals surface area contributed by atoms with Crippen LogP contribution in [0.25, 0.3) is 22.3 Å². The Morgan fingerprint density at radius 3 is 1.69 bits per heavy atom. The molecule has 2 amide bonds. The number of carbonyl (C=O) groups excluding carboxylic acids is 2. The first-order chi connectivity index (χ1) is 19.7. The summed E-state index contributed by atoms with van der Waals surface area (Å²) in [6, 6.07) is -0.231. The van der Waals surface area contributed by atoms with Crippen molar-refractivity contribution in [2.24, 2.45) is 22.6 Å². The molecule has 0 radical (unpaired) electrons. The van der Waals surface area contributed by atoms with Gasteiger partial charge in [-0.05, 0) is 36.1 Å². The van der Waals surface area contributed by atoms with Crippen LogP contribution in [0.15, 0.2) is 18.2 Å². The fraction of sp³-hybridized carbons (Fsp3) is 0.280. The lowest BCUT2D eigenvalue weighted by Gasteiger charge is -2.23.